The van der Waals surface area contributed by atoms with E-state index in [4.69, 9.17) is 0 Å². The largest absolute Gasteiger partial charge is 0.254 e. The van der Waals surface area contributed by atoms with Gasteiger partial charge in [0.25, 0.3) is 0 Å². The molecule has 2 rings (SSSR count). The van der Waals surface area contributed by atoms with E-state index in [1.807, 2.05) is 0 Å². The van der Waals surface area contributed by atoms with Crippen molar-refractivity contribution in [3.05, 3.63) is 36.3 Å². The third-order valence-electron chi connectivity index (χ3n) is 1.80. The van der Waals surface area contributed by atoms with Crippen LogP contribution < -0.4 is 0 Å². The van der Waals surface area contributed by atoms with E-state index in [2.05, 4.69) is 9.98 Å². The number of nitrogens with zero attached hydrogens (tertiary/aromatic N) is 2. The molecule has 14 heavy (non-hydrogen) atoms. The molecule has 0 N–H and O–H groups in total. The van der Waals surface area contributed by atoms with Gasteiger partial charge >= 0.3 is 0 Å². The van der Waals surface area contributed by atoms with Gasteiger partial charge in [-0.05, 0) is 24.3 Å². The second-order valence-electron chi connectivity index (χ2n) is 2.73. The number of isocyanates is 1. The normalized spacial score (nSPS) is 9.79. The highest BCUT2D eigenvalue weighted by molar-refractivity contribution is 5.81. The predicted octanol–water partition coefficient (Wildman–Crippen LogP) is 2.34. The third kappa shape index (κ3) is 1.51. The average Bonchev–Trinajstić information content (AvgIpc) is 2.17. The Bertz CT molecular complexity index is 533. The zero-order valence-electron chi connectivity index (χ0n) is 7.07. The van der Waals surface area contributed by atoms with Gasteiger partial charge in [0.05, 0.1) is 17.4 Å². The van der Waals surface area contributed by atoms with Crippen molar-refractivity contribution in [3.63, 3.8) is 0 Å². The van der Waals surface area contributed by atoms with Gasteiger partial charge in [-0.3, -0.25) is 4.98 Å². The number of aliphatic imine (C=N–C) groups is 1. The molecular weight excluding hydrogens is 183 g/mol. The van der Waals surface area contributed by atoms with E-state index in [0.717, 1.165) is 0 Å². The maximum atomic E-state index is 12.8. The average molecular weight is 188 g/mol. The fourth-order valence-corrected chi connectivity index (χ4v) is 1.20. The van der Waals surface area contributed by atoms with Gasteiger partial charge in [0, 0.05) is 5.39 Å². The first-order valence-corrected chi connectivity index (χ1v) is 3.93. The van der Waals surface area contributed by atoms with Crippen LogP contribution in [0.2, 0.25) is 0 Å². The van der Waals surface area contributed by atoms with Crippen molar-refractivity contribution < 1.29 is 9.18 Å². The summed E-state index contributed by atoms with van der Waals surface area (Å²) in [6.07, 6.45) is 2.84. The second kappa shape index (κ2) is 3.36. The van der Waals surface area contributed by atoms with Crippen LogP contribution in [0.1, 0.15) is 0 Å². The summed E-state index contributed by atoms with van der Waals surface area (Å²) in [6, 6.07) is 5.82. The molecule has 4 heteroatoms. The fraction of sp³-hybridized carbons (Fsp3) is 0. The zero-order valence-corrected chi connectivity index (χ0v) is 7.07. The Morgan fingerprint density at radius 3 is 3.00 bits per heavy atom. The van der Waals surface area contributed by atoms with Crippen molar-refractivity contribution in [2.45, 2.75) is 0 Å². The summed E-state index contributed by atoms with van der Waals surface area (Å²) in [5.74, 6) is -0.341. The highest BCUT2D eigenvalue weighted by Gasteiger charge is 1.98. The molecular formula is C10H5FN2O. The molecule has 2 aromatic rings. The van der Waals surface area contributed by atoms with E-state index >= 15 is 0 Å². The third-order valence-corrected chi connectivity index (χ3v) is 1.80. The van der Waals surface area contributed by atoms with E-state index in [0.29, 0.717) is 16.6 Å². The molecule has 0 spiro atoms. The molecule has 0 bridgehead atoms. The van der Waals surface area contributed by atoms with E-state index in [-0.39, 0.29) is 5.82 Å². The van der Waals surface area contributed by atoms with Gasteiger partial charge in [0.2, 0.25) is 6.08 Å². The Hall–Kier alpha value is -2.06. The van der Waals surface area contributed by atoms with Crippen LogP contribution in [0.25, 0.3) is 10.9 Å². The summed E-state index contributed by atoms with van der Waals surface area (Å²) in [6.45, 7) is 0. The van der Waals surface area contributed by atoms with Crippen LogP contribution in [0.5, 0.6) is 0 Å². The van der Waals surface area contributed by atoms with E-state index in [1.54, 1.807) is 12.1 Å². The van der Waals surface area contributed by atoms with Crippen molar-refractivity contribution in [2.24, 2.45) is 4.99 Å². The van der Waals surface area contributed by atoms with Gasteiger partial charge in [0.15, 0.2) is 0 Å². The smallest absolute Gasteiger partial charge is 0.240 e. The number of aromatic nitrogens is 1. The SMILES string of the molecule is O=C=Nc1cnc2ccc(F)cc2c1. The van der Waals surface area contributed by atoms with Gasteiger partial charge in [0.1, 0.15) is 5.82 Å². The van der Waals surface area contributed by atoms with Gasteiger partial charge in [-0.1, -0.05) is 0 Å². The van der Waals surface area contributed by atoms with E-state index in [1.165, 1.54) is 24.4 Å². The summed E-state index contributed by atoms with van der Waals surface area (Å²) in [4.78, 5) is 17.4. The lowest BCUT2D eigenvalue weighted by Crippen LogP contribution is -1.79. The number of hydrogen-bond acceptors (Lipinski definition) is 3. The first kappa shape index (κ1) is 8.53. The lowest BCUT2D eigenvalue weighted by Gasteiger charge is -1.97. The van der Waals surface area contributed by atoms with Crippen molar-refractivity contribution in [3.8, 4) is 0 Å². The molecule has 0 saturated carbocycles. The van der Waals surface area contributed by atoms with Crippen LogP contribution in [0.15, 0.2) is 35.5 Å². The quantitative estimate of drug-likeness (QED) is 0.509. The molecule has 0 aliphatic carbocycles. The van der Waals surface area contributed by atoms with Crippen LogP contribution in [0.3, 0.4) is 0 Å². The number of benzene rings is 1. The van der Waals surface area contributed by atoms with Crippen molar-refractivity contribution in [2.75, 3.05) is 0 Å². The Labute approximate surface area is 78.9 Å². The van der Waals surface area contributed by atoms with Crippen LogP contribution >= 0.6 is 0 Å². The first-order chi connectivity index (χ1) is 6.79. The van der Waals surface area contributed by atoms with Crippen molar-refractivity contribution in [1.29, 1.82) is 0 Å². The van der Waals surface area contributed by atoms with Crippen LogP contribution in [-0.4, -0.2) is 11.1 Å². The number of fused-ring (bicyclic) bond motifs is 1. The summed E-state index contributed by atoms with van der Waals surface area (Å²) in [7, 11) is 0. The number of halogens is 1. The maximum Gasteiger partial charge on any atom is 0.240 e. The topological polar surface area (TPSA) is 42.3 Å². The minimum atomic E-state index is -0.341. The highest BCUT2D eigenvalue weighted by Crippen LogP contribution is 2.18. The van der Waals surface area contributed by atoms with Gasteiger partial charge < -0.3 is 0 Å². The zero-order chi connectivity index (χ0) is 9.97. The molecule has 0 unspecified atom stereocenters. The number of rotatable bonds is 1. The van der Waals surface area contributed by atoms with E-state index < -0.39 is 0 Å². The minimum absolute atomic E-state index is 0.341. The monoisotopic (exact) mass is 188 g/mol. The van der Waals surface area contributed by atoms with Crippen molar-refractivity contribution >= 4 is 22.7 Å². The Kier molecular flexibility index (Phi) is 2.05. The number of pyridine rings is 1. The second-order valence-corrected chi connectivity index (χ2v) is 2.73. The van der Waals surface area contributed by atoms with Crippen LogP contribution in [0.4, 0.5) is 10.1 Å². The van der Waals surface area contributed by atoms with Gasteiger partial charge in [-0.2, -0.15) is 4.99 Å². The Balaban J connectivity index is 2.69. The van der Waals surface area contributed by atoms with Crippen molar-refractivity contribution in [1.82, 2.24) is 4.98 Å². The maximum absolute atomic E-state index is 12.8. The number of hydrogen-bond donors (Lipinski definition) is 0. The molecule has 0 fully saturated rings. The molecule has 1 heterocycles. The summed E-state index contributed by atoms with van der Waals surface area (Å²) in [5.41, 5.74) is 1.04. The summed E-state index contributed by atoms with van der Waals surface area (Å²) in [5, 5.41) is 0.613. The lowest BCUT2D eigenvalue weighted by molar-refractivity contribution is 0.565. The molecule has 3 nitrogen and oxygen atoms in total. The molecule has 0 atom stereocenters. The molecule has 0 aliphatic rings. The lowest BCUT2D eigenvalue weighted by atomic mass is 10.2. The Morgan fingerprint density at radius 1 is 1.36 bits per heavy atom. The van der Waals surface area contributed by atoms with E-state index in [9.17, 15) is 9.18 Å². The molecule has 0 amide bonds. The highest BCUT2D eigenvalue weighted by atomic mass is 19.1. The van der Waals surface area contributed by atoms with Gasteiger partial charge in [-0.25, -0.2) is 9.18 Å². The first-order valence-electron chi connectivity index (χ1n) is 3.93. The molecule has 68 valence electrons. The van der Waals surface area contributed by atoms with Crippen LogP contribution in [-0.2, 0) is 4.79 Å². The molecule has 0 radical (unpaired) electrons. The number of carbonyl (C=O) groups excluding carboxylic acids is 1. The van der Waals surface area contributed by atoms with Gasteiger partial charge in [-0.15, -0.1) is 0 Å². The standard InChI is InChI=1S/C10H5FN2O/c11-8-1-2-10-7(3-8)4-9(5-12-10)13-6-14/h1-5H. The summed E-state index contributed by atoms with van der Waals surface area (Å²) < 4.78 is 12.8. The predicted molar refractivity (Wildman–Crippen MR) is 49.5 cm³/mol. The molecule has 1 aromatic heterocycles. The minimum Gasteiger partial charge on any atom is -0.254 e. The Morgan fingerprint density at radius 2 is 2.21 bits per heavy atom. The van der Waals surface area contributed by atoms with Crippen LogP contribution in [0, 0.1) is 5.82 Å². The molecule has 0 saturated heterocycles. The fourth-order valence-electron chi connectivity index (χ4n) is 1.20. The summed E-state index contributed by atoms with van der Waals surface area (Å²) >= 11 is 0. The molecule has 1 aromatic carbocycles. The molecule has 0 aliphatic heterocycles.